The number of nitrogens with zero attached hydrogens (tertiary/aromatic N) is 2. The van der Waals surface area contributed by atoms with Crippen LogP contribution in [-0.2, 0) is 4.79 Å². The zero-order chi connectivity index (χ0) is 19.1. The van der Waals surface area contributed by atoms with Gasteiger partial charge in [-0.05, 0) is 80.3 Å². The van der Waals surface area contributed by atoms with Crippen molar-refractivity contribution in [3.05, 3.63) is 62.0 Å². The minimum atomic E-state index is -0.491. The Morgan fingerprint density at radius 1 is 1.23 bits per heavy atom. The number of anilines is 1. The number of benzene rings is 2. The molecule has 0 aliphatic rings. The van der Waals surface area contributed by atoms with E-state index >= 15 is 0 Å². The number of aryl methyl sites for hydroxylation is 1. The van der Waals surface area contributed by atoms with E-state index in [1.165, 1.54) is 6.08 Å². The van der Waals surface area contributed by atoms with Crippen molar-refractivity contribution < 1.29 is 9.53 Å². The molecule has 0 aliphatic heterocycles. The van der Waals surface area contributed by atoms with Gasteiger partial charge in [-0.1, -0.05) is 12.1 Å². The SMILES string of the molecule is Cc1cccc(NC(=O)/C(C#N)=C\c2cc(Br)c(OCC#N)c(Br)c2)c1. The van der Waals surface area contributed by atoms with Crippen molar-refractivity contribution in [3.8, 4) is 17.9 Å². The van der Waals surface area contributed by atoms with E-state index in [1.54, 1.807) is 18.2 Å². The minimum absolute atomic E-state index is 0.0315. The van der Waals surface area contributed by atoms with Gasteiger partial charge in [0.2, 0.25) is 0 Å². The number of rotatable bonds is 5. The maximum absolute atomic E-state index is 12.4. The van der Waals surface area contributed by atoms with E-state index in [1.807, 2.05) is 37.3 Å². The molecule has 0 fully saturated rings. The van der Waals surface area contributed by atoms with Gasteiger partial charge in [0.25, 0.3) is 5.91 Å². The van der Waals surface area contributed by atoms with Gasteiger partial charge in [0.15, 0.2) is 6.61 Å². The van der Waals surface area contributed by atoms with Crippen LogP contribution in [0.5, 0.6) is 5.75 Å². The second-order valence-electron chi connectivity index (χ2n) is 5.25. The molecule has 26 heavy (non-hydrogen) atoms. The molecule has 2 rings (SSSR count). The summed E-state index contributed by atoms with van der Waals surface area (Å²) in [7, 11) is 0. The van der Waals surface area contributed by atoms with Gasteiger partial charge >= 0.3 is 0 Å². The van der Waals surface area contributed by atoms with Gasteiger partial charge in [0, 0.05) is 5.69 Å². The first-order chi connectivity index (χ1) is 12.4. The van der Waals surface area contributed by atoms with E-state index in [0.717, 1.165) is 5.56 Å². The van der Waals surface area contributed by atoms with Crippen LogP contribution in [0.2, 0.25) is 0 Å². The fourth-order valence-electron chi connectivity index (χ4n) is 2.14. The molecule has 0 bridgehead atoms. The van der Waals surface area contributed by atoms with Crippen molar-refractivity contribution in [1.29, 1.82) is 10.5 Å². The summed E-state index contributed by atoms with van der Waals surface area (Å²) in [6, 6.07) is 14.5. The average Bonchev–Trinajstić information content (AvgIpc) is 2.59. The summed E-state index contributed by atoms with van der Waals surface area (Å²) in [5, 5.41) is 20.7. The first-order valence-corrected chi connectivity index (χ1v) is 9.02. The standard InChI is InChI=1S/C19H13Br2N3O2/c1-12-3-2-4-15(7-12)24-19(25)14(11-23)8-13-9-16(20)18(17(21)10-13)26-6-5-22/h2-4,7-10H,6H2,1H3,(H,24,25)/b14-8-. The maximum atomic E-state index is 12.4. The number of amides is 1. The highest BCUT2D eigenvalue weighted by molar-refractivity contribution is 9.11. The summed E-state index contributed by atoms with van der Waals surface area (Å²) in [6.45, 7) is 1.83. The van der Waals surface area contributed by atoms with Crippen LogP contribution in [0.4, 0.5) is 5.69 Å². The molecule has 0 saturated carbocycles. The molecule has 1 amide bonds. The van der Waals surface area contributed by atoms with E-state index in [2.05, 4.69) is 37.2 Å². The Hall–Kier alpha value is -2.61. The van der Waals surface area contributed by atoms with Crippen molar-refractivity contribution in [3.63, 3.8) is 0 Å². The molecule has 5 nitrogen and oxygen atoms in total. The van der Waals surface area contributed by atoms with E-state index in [0.29, 0.717) is 25.9 Å². The molecule has 1 N–H and O–H groups in total. The van der Waals surface area contributed by atoms with Crippen LogP contribution in [0.3, 0.4) is 0 Å². The summed E-state index contributed by atoms with van der Waals surface area (Å²) in [5.74, 6) is -0.0124. The molecule has 0 unspecified atom stereocenters. The number of halogens is 2. The van der Waals surface area contributed by atoms with Crippen LogP contribution in [0.25, 0.3) is 6.08 Å². The van der Waals surface area contributed by atoms with Crippen LogP contribution in [-0.4, -0.2) is 12.5 Å². The van der Waals surface area contributed by atoms with Crippen molar-refractivity contribution in [1.82, 2.24) is 0 Å². The lowest BCUT2D eigenvalue weighted by molar-refractivity contribution is -0.112. The number of nitrogens with one attached hydrogen (secondary N) is 1. The summed E-state index contributed by atoms with van der Waals surface area (Å²) >= 11 is 6.72. The Balaban J connectivity index is 2.27. The first kappa shape index (κ1) is 19.7. The lowest BCUT2D eigenvalue weighted by Gasteiger charge is -2.09. The van der Waals surface area contributed by atoms with Gasteiger partial charge in [-0.25, -0.2) is 0 Å². The molecule has 0 spiro atoms. The van der Waals surface area contributed by atoms with Crippen LogP contribution in [0.1, 0.15) is 11.1 Å². The molecule has 0 saturated heterocycles. The largest absolute Gasteiger partial charge is 0.476 e. The highest BCUT2D eigenvalue weighted by atomic mass is 79.9. The molecule has 0 radical (unpaired) electrons. The average molecular weight is 475 g/mol. The zero-order valence-corrected chi connectivity index (χ0v) is 16.9. The summed E-state index contributed by atoms with van der Waals surface area (Å²) < 4.78 is 6.52. The monoisotopic (exact) mass is 473 g/mol. The second kappa shape index (κ2) is 9.19. The molecule has 0 aromatic heterocycles. The topological polar surface area (TPSA) is 85.9 Å². The summed E-state index contributed by atoms with van der Waals surface area (Å²) in [5.41, 5.74) is 2.23. The van der Waals surface area contributed by atoms with Gasteiger partial charge in [0.1, 0.15) is 23.5 Å². The summed E-state index contributed by atoms with van der Waals surface area (Å²) in [6.07, 6.45) is 1.48. The smallest absolute Gasteiger partial charge is 0.266 e. The Kier molecular flexibility index (Phi) is 6.97. The predicted molar refractivity (Wildman–Crippen MR) is 106 cm³/mol. The van der Waals surface area contributed by atoms with Crippen LogP contribution >= 0.6 is 31.9 Å². The minimum Gasteiger partial charge on any atom is -0.476 e. The Labute approximate surface area is 168 Å². The lowest BCUT2D eigenvalue weighted by Crippen LogP contribution is -2.13. The molecule has 7 heteroatoms. The lowest BCUT2D eigenvalue weighted by atomic mass is 10.1. The van der Waals surface area contributed by atoms with Crippen molar-refractivity contribution in [2.24, 2.45) is 0 Å². The number of carbonyl (C=O) groups is 1. The van der Waals surface area contributed by atoms with Crippen LogP contribution in [0, 0.1) is 29.6 Å². The molecule has 2 aromatic carbocycles. The van der Waals surface area contributed by atoms with E-state index in [9.17, 15) is 10.1 Å². The zero-order valence-electron chi connectivity index (χ0n) is 13.7. The third kappa shape index (κ3) is 5.19. The van der Waals surface area contributed by atoms with Crippen molar-refractivity contribution in [2.45, 2.75) is 6.92 Å². The normalized spacial score (nSPS) is 10.6. The molecule has 0 aliphatic carbocycles. The van der Waals surface area contributed by atoms with Gasteiger partial charge in [-0.2, -0.15) is 10.5 Å². The Bertz CT molecular complexity index is 933. The van der Waals surface area contributed by atoms with E-state index < -0.39 is 5.91 Å². The predicted octanol–water partition coefficient (Wildman–Crippen LogP) is 4.97. The molecule has 0 atom stereocenters. The Morgan fingerprint density at radius 2 is 1.92 bits per heavy atom. The van der Waals surface area contributed by atoms with Crippen molar-refractivity contribution in [2.75, 3.05) is 11.9 Å². The third-order valence-electron chi connectivity index (χ3n) is 3.25. The molecule has 130 valence electrons. The highest BCUT2D eigenvalue weighted by Crippen LogP contribution is 2.35. The van der Waals surface area contributed by atoms with Gasteiger partial charge in [-0.3, -0.25) is 4.79 Å². The highest BCUT2D eigenvalue weighted by Gasteiger charge is 2.12. The number of hydrogen-bond acceptors (Lipinski definition) is 4. The number of ether oxygens (including phenoxy) is 1. The first-order valence-electron chi connectivity index (χ1n) is 7.43. The number of nitriles is 2. The Morgan fingerprint density at radius 3 is 2.50 bits per heavy atom. The summed E-state index contributed by atoms with van der Waals surface area (Å²) in [4.78, 5) is 12.4. The molecular weight excluding hydrogens is 462 g/mol. The molecule has 0 heterocycles. The quantitative estimate of drug-likeness (QED) is 0.489. The number of carbonyl (C=O) groups excluding carboxylic acids is 1. The molecular formula is C19H13Br2N3O2. The molecule has 2 aromatic rings. The fourth-order valence-corrected chi connectivity index (χ4v) is 3.59. The van der Waals surface area contributed by atoms with E-state index in [4.69, 9.17) is 10.00 Å². The maximum Gasteiger partial charge on any atom is 0.266 e. The van der Waals surface area contributed by atoms with Gasteiger partial charge in [0.05, 0.1) is 8.95 Å². The van der Waals surface area contributed by atoms with Gasteiger partial charge in [-0.15, -0.1) is 0 Å². The number of hydrogen-bond donors (Lipinski definition) is 1. The van der Waals surface area contributed by atoms with Crippen LogP contribution < -0.4 is 10.1 Å². The second-order valence-corrected chi connectivity index (χ2v) is 6.96. The fraction of sp³-hybridized carbons (Fsp3) is 0.105. The van der Waals surface area contributed by atoms with Crippen LogP contribution in [0.15, 0.2) is 50.9 Å². The third-order valence-corrected chi connectivity index (χ3v) is 4.43. The van der Waals surface area contributed by atoms with Gasteiger partial charge < -0.3 is 10.1 Å². The van der Waals surface area contributed by atoms with E-state index in [-0.39, 0.29) is 12.2 Å². The van der Waals surface area contributed by atoms with Crippen molar-refractivity contribution >= 4 is 49.5 Å².